The largest absolute Gasteiger partial charge is 0.322 e. The van der Waals surface area contributed by atoms with Crippen molar-refractivity contribution < 1.29 is 4.79 Å². The topological polar surface area (TPSA) is 63.1 Å². The fourth-order valence-electron chi connectivity index (χ4n) is 3.86. The molecule has 132 valence electrons. The van der Waals surface area contributed by atoms with Gasteiger partial charge in [-0.3, -0.25) is 0 Å². The number of hydrogen-bond donors (Lipinski definition) is 1. The van der Waals surface area contributed by atoms with Crippen molar-refractivity contribution in [3.8, 4) is 0 Å². The molecule has 6 heteroatoms. The second-order valence-electron chi connectivity index (χ2n) is 7.08. The van der Waals surface area contributed by atoms with Crippen molar-refractivity contribution >= 4 is 11.7 Å². The first-order valence-electron chi connectivity index (χ1n) is 9.28. The van der Waals surface area contributed by atoms with Gasteiger partial charge in [0.25, 0.3) is 0 Å². The summed E-state index contributed by atoms with van der Waals surface area (Å²) < 4.78 is 2.26. The number of urea groups is 1. The summed E-state index contributed by atoms with van der Waals surface area (Å²) in [6, 6.07) is 7.90. The molecule has 1 N–H and O–H groups in total. The molecule has 1 aromatic heterocycles. The molecule has 0 bridgehead atoms. The van der Waals surface area contributed by atoms with Crippen molar-refractivity contribution in [2.45, 2.75) is 58.0 Å². The van der Waals surface area contributed by atoms with Crippen molar-refractivity contribution in [1.82, 2.24) is 19.7 Å². The van der Waals surface area contributed by atoms with Gasteiger partial charge in [-0.1, -0.05) is 24.1 Å². The maximum Gasteiger partial charge on any atom is 0.322 e. The van der Waals surface area contributed by atoms with Crippen molar-refractivity contribution in [2.75, 3.05) is 11.9 Å². The van der Waals surface area contributed by atoms with Gasteiger partial charge < -0.3 is 14.8 Å². The van der Waals surface area contributed by atoms with E-state index < -0.39 is 0 Å². The van der Waals surface area contributed by atoms with Crippen LogP contribution in [-0.2, 0) is 13.0 Å². The quantitative estimate of drug-likeness (QED) is 0.908. The summed E-state index contributed by atoms with van der Waals surface area (Å²) in [6.07, 6.45) is 6.55. The van der Waals surface area contributed by atoms with Crippen LogP contribution in [0.2, 0.25) is 0 Å². The molecule has 1 aromatic carbocycles. The fraction of sp³-hybridized carbons (Fsp3) is 0.526. The van der Waals surface area contributed by atoms with Gasteiger partial charge in [0, 0.05) is 25.2 Å². The zero-order valence-corrected chi connectivity index (χ0v) is 14.7. The van der Waals surface area contributed by atoms with Gasteiger partial charge in [0.15, 0.2) is 5.82 Å². The Morgan fingerprint density at radius 2 is 1.92 bits per heavy atom. The first-order chi connectivity index (χ1) is 12.2. The van der Waals surface area contributed by atoms with Crippen LogP contribution in [0.4, 0.5) is 10.5 Å². The van der Waals surface area contributed by atoms with Crippen LogP contribution in [0.5, 0.6) is 0 Å². The molecule has 2 aromatic rings. The van der Waals surface area contributed by atoms with Crippen LogP contribution < -0.4 is 5.32 Å². The van der Waals surface area contributed by atoms with Crippen LogP contribution in [0.1, 0.15) is 55.4 Å². The molecule has 2 aliphatic heterocycles. The molecular formula is C19H25N5O. The van der Waals surface area contributed by atoms with Crippen molar-refractivity contribution in [2.24, 2.45) is 0 Å². The van der Waals surface area contributed by atoms with Gasteiger partial charge in [-0.2, -0.15) is 0 Å². The van der Waals surface area contributed by atoms with Crippen LogP contribution in [0.3, 0.4) is 0 Å². The average molecular weight is 339 g/mol. The molecule has 1 atom stereocenters. The summed E-state index contributed by atoms with van der Waals surface area (Å²) in [5.41, 5.74) is 2.02. The number of nitrogens with one attached hydrogen (secondary N) is 1. The smallest absolute Gasteiger partial charge is 0.314 e. The van der Waals surface area contributed by atoms with E-state index >= 15 is 0 Å². The maximum absolute atomic E-state index is 12.8. The molecule has 6 nitrogen and oxygen atoms in total. The fourth-order valence-corrected chi connectivity index (χ4v) is 3.86. The Kier molecular flexibility index (Phi) is 4.42. The van der Waals surface area contributed by atoms with Crippen LogP contribution >= 0.6 is 0 Å². The van der Waals surface area contributed by atoms with Crippen LogP contribution in [0, 0.1) is 6.92 Å². The van der Waals surface area contributed by atoms with E-state index in [1.807, 2.05) is 36.1 Å². The van der Waals surface area contributed by atoms with E-state index in [9.17, 15) is 4.79 Å². The molecule has 1 fully saturated rings. The van der Waals surface area contributed by atoms with Crippen LogP contribution in [0.25, 0.3) is 0 Å². The van der Waals surface area contributed by atoms with Crippen molar-refractivity contribution in [1.29, 1.82) is 0 Å². The molecule has 2 amide bonds. The minimum Gasteiger partial charge on any atom is -0.314 e. The zero-order chi connectivity index (χ0) is 17.2. The van der Waals surface area contributed by atoms with E-state index in [2.05, 4.69) is 20.1 Å². The number of likely N-dealkylation sites (tertiary alicyclic amines) is 1. The van der Waals surface area contributed by atoms with E-state index in [1.54, 1.807) is 0 Å². The van der Waals surface area contributed by atoms with Gasteiger partial charge in [-0.25, -0.2) is 4.79 Å². The van der Waals surface area contributed by atoms with Gasteiger partial charge in [-0.15, -0.1) is 10.2 Å². The number of carbonyl (C=O) groups is 1. The van der Waals surface area contributed by atoms with Crippen molar-refractivity contribution in [3.05, 3.63) is 41.5 Å². The van der Waals surface area contributed by atoms with E-state index in [0.29, 0.717) is 0 Å². The molecule has 0 aliphatic carbocycles. The number of hydrogen-bond acceptors (Lipinski definition) is 3. The molecule has 1 saturated heterocycles. The number of rotatable bonds is 2. The third kappa shape index (κ3) is 3.25. The highest BCUT2D eigenvalue weighted by atomic mass is 16.2. The number of benzene rings is 1. The summed E-state index contributed by atoms with van der Waals surface area (Å²) in [4.78, 5) is 14.7. The first kappa shape index (κ1) is 16.1. The maximum atomic E-state index is 12.8. The first-order valence-corrected chi connectivity index (χ1v) is 9.28. The Hall–Kier alpha value is -2.37. The Morgan fingerprint density at radius 1 is 1.08 bits per heavy atom. The highest BCUT2D eigenvalue weighted by Gasteiger charge is 2.34. The van der Waals surface area contributed by atoms with Crippen LogP contribution in [-0.4, -0.2) is 32.2 Å². The average Bonchev–Trinajstić information content (AvgIpc) is 3.18. The summed E-state index contributed by atoms with van der Waals surface area (Å²) in [6.45, 7) is 3.78. The SMILES string of the molecule is Cc1ccc(NC(=O)N2CCC[C@@H]2c2nnc3n2CCCCC3)cc1. The van der Waals surface area contributed by atoms with Crippen molar-refractivity contribution in [3.63, 3.8) is 0 Å². The van der Waals surface area contributed by atoms with Gasteiger partial charge in [0.2, 0.25) is 0 Å². The number of fused-ring (bicyclic) bond motifs is 1. The molecule has 4 rings (SSSR count). The predicted molar refractivity (Wildman–Crippen MR) is 96.5 cm³/mol. The lowest BCUT2D eigenvalue weighted by atomic mass is 10.2. The molecule has 25 heavy (non-hydrogen) atoms. The van der Waals surface area contributed by atoms with Crippen LogP contribution in [0.15, 0.2) is 24.3 Å². The number of aryl methyl sites for hydroxylation is 2. The minimum atomic E-state index is -0.0441. The zero-order valence-electron chi connectivity index (χ0n) is 14.7. The third-order valence-electron chi connectivity index (χ3n) is 5.25. The highest BCUT2D eigenvalue weighted by Crippen LogP contribution is 2.32. The Balaban J connectivity index is 1.53. The summed E-state index contributed by atoms with van der Waals surface area (Å²) in [7, 11) is 0. The van der Waals surface area contributed by atoms with E-state index in [1.165, 1.54) is 24.8 Å². The molecule has 0 unspecified atom stereocenters. The Morgan fingerprint density at radius 3 is 2.76 bits per heavy atom. The summed E-state index contributed by atoms with van der Waals surface area (Å²) in [5.74, 6) is 2.05. The number of carbonyl (C=O) groups excluding carboxylic acids is 1. The van der Waals surface area contributed by atoms with E-state index in [-0.39, 0.29) is 12.1 Å². The van der Waals surface area contributed by atoms with Gasteiger partial charge in [-0.05, 0) is 44.7 Å². The second kappa shape index (κ2) is 6.86. The molecule has 0 spiro atoms. The predicted octanol–water partition coefficient (Wildman–Crippen LogP) is 3.68. The Bertz CT molecular complexity index is 752. The molecule has 3 heterocycles. The van der Waals surface area contributed by atoms with E-state index in [4.69, 9.17) is 0 Å². The Labute approximate surface area is 148 Å². The monoisotopic (exact) mass is 339 g/mol. The number of aromatic nitrogens is 3. The van der Waals surface area contributed by atoms with Gasteiger partial charge in [0.05, 0.1) is 6.04 Å². The normalized spacial score (nSPS) is 20.2. The summed E-state index contributed by atoms with van der Waals surface area (Å²) in [5, 5.41) is 11.9. The van der Waals surface area contributed by atoms with E-state index in [0.717, 1.165) is 49.7 Å². The number of anilines is 1. The lowest BCUT2D eigenvalue weighted by Crippen LogP contribution is -2.35. The molecular weight excluding hydrogens is 314 g/mol. The summed E-state index contributed by atoms with van der Waals surface area (Å²) >= 11 is 0. The van der Waals surface area contributed by atoms with Gasteiger partial charge >= 0.3 is 6.03 Å². The second-order valence-corrected chi connectivity index (χ2v) is 7.08. The lowest BCUT2D eigenvalue weighted by molar-refractivity contribution is 0.203. The number of amides is 2. The molecule has 0 radical (unpaired) electrons. The standard InChI is InChI=1S/C19H25N5O/c1-14-8-10-15(11-9-14)20-19(25)23-13-5-6-16(23)18-22-21-17-7-3-2-4-12-24(17)18/h8-11,16H,2-7,12-13H2,1H3,(H,20,25)/t16-/m1/s1. The molecule has 0 saturated carbocycles. The minimum absolute atomic E-state index is 0.0322. The third-order valence-corrected chi connectivity index (χ3v) is 5.25. The number of nitrogens with zero attached hydrogens (tertiary/aromatic N) is 4. The molecule has 2 aliphatic rings. The van der Waals surface area contributed by atoms with Gasteiger partial charge in [0.1, 0.15) is 5.82 Å². The highest BCUT2D eigenvalue weighted by molar-refractivity contribution is 5.89. The lowest BCUT2D eigenvalue weighted by Gasteiger charge is -2.25.